The number of thioether (sulfide) groups is 1. The highest BCUT2D eigenvalue weighted by atomic mass is 32.2. The van der Waals surface area contributed by atoms with Crippen molar-refractivity contribution in [3.8, 4) is 11.3 Å². The molecule has 0 saturated carbocycles. The lowest BCUT2D eigenvalue weighted by atomic mass is 10.0. The molecule has 0 saturated heterocycles. The average molecular weight is 395 g/mol. The zero-order valence-electron chi connectivity index (χ0n) is 14.2. The number of carbonyl (C=O) groups is 1. The number of carbonyl (C=O) groups excluding carboxylic acids is 1. The van der Waals surface area contributed by atoms with E-state index in [1.165, 1.54) is 11.6 Å². The zero-order valence-corrected chi connectivity index (χ0v) is 15.0. The number of hydrogen-bond acceptors (Lipinski definition) is 6. The van der Waals surface area contributed by atoms with Gasteiger partial charge in [-0.3, -0.25) is 4.79 Å². The van der Waals surface area contributed by atoms with E-state index in [-0.39, 0.29) is 12.5 Å². The lowest BCUT2D eigenvalue weighted by Gasteiger charge is -2.29. The summed E-state index contributed by atoms with van der Waals surface area (Å²) in [6.45, 7) is 1.77. The van der Waals surface area contributed by atoms with Crippen molar-refractivity contribution in [2.24, 2.45) is 0 Å². The molecule has 0 radical (unpaired) electrons. The molecule has 1 aliphatic rings. The van der Waals surface area contributed by atoms with Crippen LogP contribution in [0.15, 0.2) is 42.1 Å². The van der Waals surface area contributed by atoms with Crippen LogP contribution in [0.2, 0.25) is 0 Å². The number of anilines is 1. The fraction of sp³-hybridized carbons (Fsp3) is 0.235. The molecule has 27 heavy (non-hydrogen) atoms. The molecule has 2 heterocycles. The fourth-order valence-corrected chi connectivity index (χ4v) is 3.40. The van der Waals surface area contributed by atoms with Gasteiger partial charge >= 0.3 is 6.18 Å². The summed E-state index contributed by atoms with van der Waals surface area (Å²) < 4.78 is 40.0. The molecule has 0 fully saturated rings. The van der Waals surface area contributed by atoms with Crippen molar-refractivity contribution in [2.45, 2.75) is 24.5 Å². The minimum Gasteiger partial charge on any atom is -0.368 e. The Morgan fingerprint density at radius 3 is 2.74 bits per heavy atom. The van der Waals surface area contributed by atoms with Gasteiger partial charge in [0.25, 0.3) is 10.8 Å². The Morgan fingerprint density at radius 1 is 1.37 bits per heavy atom. The number of nitrogens with one attached hydrogen (secondary N) is 2. The first-order valence-corrected chi connectivity index (χ1v) is 8.75. The van der Waals surface area contributed by atoms with Crippen molar-refractivity contribution in [3.05, 3.63) is 53.2 Å². The molecule has 1 aromatic heterocycles. The van der Waals surface area contributed by atoms with E-state index in [1.807, 2.05) is 6.07 Å². The first-order chi connectivity index (χ1) is 12.7. The summed E-state index contributed by atoms with van der Waals surface area (Å²) in [6.07, 6.45) is -2.08. The number of amides is 1. The summed E-state index contributed by atoms with van der Waals surface area (Å²) in [5.41, 5.74) is 8.50. The van der Waals surface area contributed by atoms with Gasteiger partial charge in [0.1, 0.15) is 0 Å². The highest BCUT2D eigenvalue weighted by Crippen LogP contribution is 2.43. The van der Waals surface area contributed by atoms with Gasteiger partial charge in [-0.1, -0.05) is 23.9 Å². The Bertz CT molecular complexity index is 892. The number of aromatic nitrogens is 2. The van der Waals surface area contributed by atoms with Crippen LogP contribution in [0, 0.1) is 6.92 Å². The Labute approximate surface area is 157 Å². The number of nitrogen functional groups attached to an aromatic ring is 1. The van der Waals surface area contributed by atoms with E-state index < -0.39 is 17.0 Å². The van der Waals surface area contributed by atoms with Crippen LogP contribution < -0.4 is 16.4 Å². The molecule has 6 nitrogen and oxygen atoms in total. The van der Waals surface area contributed by atoms with Crippen LogP contribution in [-0.2, 0) is 11.3 Å². The van der Waals surface area contributed by atoms with Gasteiger partial charge in [-0.15, -0.1) is 0 Å². The molecule has 2 aromatic rings. The minimum atomic E-state index is -4.74. The molecule has 10 heteroatoms. The summed E-state index contributed by atoms with van der Waals surface area (Å²) in [6, 6.07) is 7.03. The second-order valence-corrected chi connectivity index (χ2v) is 6.99. The summed E-state index contributed by atoms with van der Waals surface area (Å²) in [5, 5.41) is 5.69. The molecule has 3 rings (SSSR count). The maximum Gasteiger partial charge on any atom is 0.430 e. The van der Waals surface area contributed by atoms with Crippen molar-refractivity contribution < 1.29 is 18.0 Å². The second kappa shape index (κ2) is 7.10. The molecule has 0 bridgehead atoms. The van der Waals surface area contributed by atoms with Crippen molar-refractivity contribution in [1.29, 1.82) is 0 Å². The van der Waals surface area contributed by atoms with E-state index in [0.29, 0.717) is 23.0 Å². The Balaban J connectivity index is 1.74. The highest BCUT2D eigenvalue weighted by Gasteiger charge is 2.62. The monoisotopic (exact) mass is 395 g/mol. The standard InChI is InChI=1S/C17H16F3N5OS/c1-10-8-11(13-4-5-22-15(21)25-13)2-3-12(10)9-23-14(26)16(17(18,19)20)24-6-7-27-16/h2-8,24H,9H2,1H3,(H,23,26)(H2,21,22,25). The molecular weight excluding hydrogens is 379 g/mol. The molecule has 4 N–H and O–H groups in total. The van der Waals surface area contributed by atoms with Gasteiger partial charge in [0.05, 0.1) is 5.69 Å². The van der Waals surface area contributed by atoms with Crippen molar-refractivity contribution in [1.82, 2.24) is 20.6 Å². The number of benzene rings is 1. The molecule has 1 amide bonds. The topological polar surface area (TPSA) is 92.9 Å². The van der Waals surface area contributed by atoms with E-state index in [4.69, 9.17) is 5.73 Å². The maximum absolute atomic E-state index is 13.3. The van der Waals surface area contributed by atoms with Gasteiger partial charge in [0.15, 0.2) is 0 Å². The van der Waals surface area contributed by atoms with E-state index in [1.54, 1.807) is 25.1 Å². The number of aryl methyl sites for hydroxylation is 1. The Kier molecular flexibility index (Phi) is 5.01. The maximum atomic E-state index is 13.3. The molecule has 0 spiro atoms. The Morgan fingerprint density at radius 2 is 2.15 bits per heavy atom. The van der Waals surface area contributed by atoms with E-state index >= 15 is 0 Å². The minimum absolute atomic E-state index is 0.0308. The van der Waals surface area contributed by atoms with Gasteiger partial charge in [-0.25, -0.2) is 9.97 Å². The third-order valence-electron chi connectivity index (χ3n) is 4.07. The van der Waals surface area contributed by atoms with Crippen LogP contribution in [0.3, 0.4) is 0 Å². The lowest BCUT2D eigenvalue weighted by Crippen LogP contribution is -2.60. The lowest BCUT2D eigenvalue weighted by molar-refractivity contribution is -0.174. The number of halogens is 3. The van der Waals surface area contributed by atoms with E-state index in [2.05, 4.69) is 20.6 Å². The first-order valence-electron chi connectivity index (χ1n) is 7.87. The molecule has 1 aliphatic heterocycles. The summed E-state index contributed by atoms with van der Waals surface area (Å²) >= 11 is 0.391. The normalized spacial score (nSPS) is 19.0. The largest absolute Gasteiger partial charge is 0.430 e. The third-order valence-corrected chi connectivity index (χ3v) is 5.23. The summed E-state index contributed by atoms with van der Waals surface area (Å²) in [4.78, 5) is 17.5. The molecular formula is C17H16F3N5OS. The number of nitrogens with two attached hydrogens (primary N) is 1. The molecule has 1 atom stereocenters. The average Bonchev–Trinajstić information content (AvgIpc) is 3.11. The SMILES string of the molecule is Cc1cc(-c2ccnc(N)n2)ccc1CNC(=O)C1(C(F)(F)F)NC=CS1. The number of nitrogens with zero attached hydrogens (tertiary/aromatic N) is 2. The Hall–Kier alpha value is -2.75. The summed E-state index contributed by atoms with van der Waals surface area (Å²) in [5.74, 6) is -0.994. The number of rotatable bonds is 4. The van der Waals surface area contributed by atoms with E-state index in [9.17, 15) is 18.0 Å². The predicted molar refractivity (Wildman–Crippen MR) is 97.1 cm³/mol. The van der Waals surface area contributed by atoms with Crippen molar-refractivity contribution in [3.63, 3.8) is 0 Å². The summed E-state index contributed by atoms with van der Waals surface area (Å²) in [7, 11) is 0. The van der Waals surface area contributed by atoms with Crippen LogP contribution >= 0.6 is 11.8 Å². The zero-order chi connectivity index (χ0) is 19.7. The fourth-order valence-electron chi connectivity index (χ4n) is 2.61. The number of hydrogen-bond donors (Lipinski definition) is 3. The molecule has 1 unspecified atom stereocenters. The number of alkyl halides is 3. The second-order valence-electron chi connectivity index (χ2n) is 5.87. The third kappa shape index (κ3) is 3.70. The van der Waals surface area contributed by atoms with Crippen LogP contribution in [0.25, 0.3) is 11.3 Å². The van der Waals surface area contributed by atoms with Crippen molar-refractivity contribution in [2.75, 3.05) is 5.73 Å². The van der Waals surface area contributed by atoms with Crippen LogP contribution in [-0.4, -0.2) is 26.9 Å². The first kappa shape index (κ1) is 19.0. The predicted octanol–water partition coefficient (Wildman–Crippen LogP) is 2.72. The highest BCUT2D eigenvalue weighted by molar-refractivity contribution is 8.04. The van der Waals surface area contributed by atoms with Crippen molar-refractivity contribution >= 4 is 23.6 Å². The van der Waals surface area contributed by atoms with Gasteiger partial charge in [0, 0.05) is 24.5 Å². The van der Waals surface area contributed by atoms with Gasteiger partial charge in [-0.2, -0.15) is 13.2 Å². The van der Waals surface area contributed by atoms with Crippen LogP contribution in [0.5, 0.6) is 0 Å². The molecule has 142 valence electrons. The molecule has 1 aromatic carbocycles. The quantitative estimate of drug-likeness (QED) is 0.737. The van der Waals surface area contributed by atoms with Crippen LogP contribution in [0.4, 0.5) is 19.1 Å². The van der Waals surface area contributed by atoms with Crippen LogP contribution in [0.1, 0.15) is 11.1 Å². The van der Waals surface area contributed by atoms with Gasteiger partial charge in [-0.05, 0) is 35.6 Å². The smallest absolute Gasteiger partial charge is 0.368 e. The van der Waals surface area contributed by atoms with Gasteiger partial charge < -0.3 is 16.4 Å². The molecule has 0 aliphatic carbocycles. The van der Waals surface area contributed by atoms with E-state index in [0.717, 1.165) is 17.3 Å². The van der Waals surface area contributed by atoms with Gasteiger partial charge in [0.2, 0.25) is 5.95 Å².